The van der Waals surface area contributed by atoms with Crippen LogP contribution in [0.25, 0.3) is 0 Å². The monoisotopic (exact) mass is 339 g/mol. The number of carbonyl (C=O) groups is 1. The maximum Gasteiger partial charge on any atom is 0.241 e. The van der Waals surface area contributed by atoms with Crippen LogP contribution in [0.1, 0.15) is 45.6 Å². The topological polar surface area (TPSA) is 58.4 Å². The number of carbonyl (C=O) groups excluding carboxylic acids is 1. The maximum absolute atomic E-state index is 12.0. The number of nitrogens with two attached hydrogens (primary N) is 1. The largest absolute Gasteiger partial charge is 0.325 e. The Balaban J connectivity index is 0.00000264. The molecule has 1 unspecified atom stereocenters. The van der Waals surface area contributed by atoms with Crippen LogP contribution in [0.4, 0.5) is 5.69 Å². The van der Waals surface area contributed by atoms with Crippen LogP contribution in [-0.4, -0.2) is 29.4 Å². The Bertz CT molecular complexity index is 490. The van der Waals surface area contributed by atoms with Gasteiger partial charge in [-0.05, 0) is 49.9 Å². The minimum Gasteiger partial charge on any atom is -0.325 e. The average Bonchev–Trinajstić information content (AvgIpc) is 2.50. The standard InChI is InChI=1S/C18H29N3O.ClH/c1-13(2)17(19)18(22)20-16-9-7-15(8-10-16)12-21-11-5-4-6-14(21)3;/h7-10,13-14,17H,4-6,11-12,19H2,1-3H3,(H,20,22);1H/t14?,17-;/m0./s1. The van der Waals surface area contributed by atoms with Crippen LogP contribution >= 0.6 is 12.4 Å². The lowest BCUT2D eigenvalue weighted by Crippen LogP contribution is -2.39. The number of benzene rings is 1. The summed E-state index contributed by atoms with van der Waals surface area (Å²) in [7, 11) is 0. The molecule has 1 saturated heterocycles. The van der Waals surface area contributed by atoms with Crippen molar-refractivity contribution in [1.82, 2.24) is 4.90 Å². The van der Waals surface area contributed by atoms with Crippen LogP contribution in [0.2, 0.25) is 0 Å². The highest BCUT2D eigenvalue weighted by molar-refractivity contribution is 5.94. The molecule has 1 amide bonds. The molecule has 0 bridgehead atoms. The predicted molar refractivity (Wildman–Crippen MR) is 98.9 cm³/mol. The van der Waals surface area contributed by atoms with E-state index in [1.165, 1.54) is 31.4 Å². The number of nitrogens with one attached hydrogen (secondary N) is 1. The molecule has 0 spiro atoms. The van der Waals surface area contributed by atoms with Gasteiger partial charge in [0.2, 0.25) is 5.91 Å². The molecule has 1 aromatic rings. The number of rotatable bonds is 5. The molecule has 1 heterocycles. The van der Waals surface area contributed by atoms with Crippen molar-refractivity contribution in [2.75, 3.05) is 11.9 Å². The summed E-state index contributed by atoms with van der Waals surface area (Å²) in [6.07, 6.45) is 3.94. The number of hydrogen-bond acceptors (Lipinski definition) is 3. The summed E-state index contributed by atoms with van der Waals surface area (Å²) in [6.45, 7) is 8.38. The summed E-state index contributed by atoms with van der Waals surface area (Å²) in [5, 5.41) is 2.89. The SMILES string of the molecule is CC(C)[C@H](N)C(=O)Nc1ccc(CN2CCCCC2C)cc1.Cl. The van der Waals surface area contributed by atoms with Gasteiger partial charge in [-0.25, -0.2) is 0 Å². The number of piperidine rings is 1. The molecule has 0 saturated carbocycles. The van der Waals surface area contributed by atoms with Crippen molar-refractivity contribution in [3.63, 3.8) is 0 Å². The molecule has 1 aromatic carbocycles. The first-order valence-corrected chi connectivity index (χ1v) is 8.37. The molecule has 0 aromatic heterocycles. The van der Waals surface area contributed by atoms with E-state index in [9.17, 15) is 4.79 Å². The molecule has 3 N–H and O–H groups in total. The van der Waals surface area contributed by atoms with Crippen molar-refractivity contribution in [2.45, 2.75) is 58.7 Å². The normalized spacial score (nSPS) is 20.0. The van der Waals surface area contributed by atoms with E-state index >= 15 is 0 Å². The van der Waals surface area contributed by atoms with Gasteiger partial charge in [-0.2, -0.15) is 0 Å². The second kappa shape index (κ2) is 9.26. The molecular weight excluding hydrogens is 310 g/mol. The molecule has 0 radical (unpaired) electrons. The summed E-state index contributed by atoms with van der Waals surface area (Å²) in [4.78, 5) is 14.5. The third-order valence-corrected chi connectivity index (χ3v) is 4.57. The fourth-order valence-corrected chi connectivity index (χ4v) is 2.85. The molecular formula is C18H30ClN3O. The number of nitrogens with zero attached hydrogens (tertiary/aromatic N) is 1. The smallest absolute Gasteiger partial charge is 0.241 e. The van der Waals surface area contributed by atoms with Gasteiger partial charge in [-0.3, -0.25) is 9.69 Å². The Morgan fingerprint density at radius 2 is 1.96 bits per heavy atom. The van der Waals surface area contributed by atoms with Crippen LogP contribution in [0.5, 0.6) is 0 Å². The lowest BCUT2D eigenvalue weighted by atomic mass is 10.0. The number of hydrogen-bond donors (Lipinski definition) is 2. The van der Waals surface area contributed by atoms with Crippen molar-refractivity contribution in [2.24, 2.45) is 11.7 Å². The Labute approximate surface area is 146 Å². The van der Waals surface area contributed by atoms with Gasteiger partial charge in [0.25, 0.3) is 0 Å². The lowest BCUT2D eigenvalue weighted by Gasteiger charge is -2.33. The van der Waals surface area contributed by atoms with Gasteiger partial charge in [0.05, 0.1) is 6.04 Å². The Morgan fingerprint density at radius 3 is 2.52 bits per heavy atom. The predicted octanol–water partition coefficient (Wildman–Crippen LogP) is 3.40. The van der Waals surface area contributed by atoms with Gasteiger partial charge in [0.1, 0.15) is 0 Å². The molecule has 1 aliphatic rings. The fraction of sp³-hybridized carbons (Fsp3) is 0.611. The first kappa shape index (κ1) is 19.9. The van der Waals surface area contributed by atoms with Gasteiger partial charge < -0.3 is 11.1 Å². The highest BCUT2D eigenvalue weighted by atomic mass is 35.5. The second-order valence-corrected chi connectivity index (χ2v) is 6.77. The lowest BCUT2D eigenvalue weighted by molar-refractivity contribution is -0.118. The molecule has 130 valence electrons. The molecule has 1 fully saturated rings. The Morgan fingerprint density at radius 1 is 1.30 bits per heavy atom. The van der Waals surface area contributed by atoms with Crippen LogP contribution < -0.4 is 11.1 Å². The number of amides is 1. The molecule has 4 nitrogen and oxygen atoms in total. The van der Waals surface area contributed by atoms with E-state index < -0.39 is 6.04 Å². The van der Waals surface area contributed by atoms with E-state index in [0.717, 1.165) is 12.2 Å². The van der Waals surface area contributed by atoms with Gasteiger partial charge in [-0.15, -0.1) is 12.4 Å². The van der Waals surface area contributed by atoms with E-state index in [-0.39, 0.29) is 24.2 Å². The summed E-state index contributed by atoms with van der Waals surface area (Å²) in [5.74, 6) is 0.0206. The van der Waals surface area contributed by atoms with E-state index in [4.69, 9.17) is 5.73 Å². The average molecular weight is 340 g/mol. The van der Waals surface area contributed by atoms with E-state index in [2.05, 4.69) is 29.3 Å². The molecule has 5 heteroatoms. The molecule has 0 aliphatic carbocycles. The highest BCUT2D eigenvalue weighted by Gasteiger charge is 2.19. The van der Waals surface area contributed by atoms with Gasteiger partial charge in [0, 0.05) is 18.3 Å². The van der Waals surface area contributed by atoms with Gasteiger partial charge in [0.15, 0.2) is 0 Å². The molecule has 23 heavy (non-hydrogen) atoms. The minimum absolute atomic E-state index is 0. The van der Waals surface area contributed by atoms with Crippen LogP contribution in [0.15, 0.2) is 24.3 Å². The zero-order chi connectivity index (χ0) is 16.1. The number of anilines is 1. The molecule has 2 rings (SSSR count). The van der Waals surface area contributed by atoms with Crippen molar-refractivity contribution in [3.05, 3.63) is 29.8 Å². The summed E-state index contributed by atoms with van der Waals surface area (Å²) >= 11 is 0. The Hall–Kier alpha value is -1.10. The first-order valence-electron chi connectivity index (χ1n) is 8.37. The summed E-state index contributed by atoms with van der Waals surface area (Å²) in [5.41, 5.74) is 7.97. The second-order valence-electron chi connectivity index (χ2n) is 6.77. The zero-order valence-corrected chi connectivity index (χ0v) is 15.2. The third-order valence-electron chi connectivity index (χ3n) is 4.57. The molecule has 2 atom stereocenters. The van der Waals surface area contributed by atoms with Crippen LogP contribution in [-0.2, 0) is 11.3 Å². The summed E-state index contributed by atoms with van der Waals surface area (Å²) in [6, 6.07) is 8.32. The quantitative estimate of drug-likeness (QED) is 0.864. The van der Waals surface area contributed by atoms with E-state index in [0.29, 0.717) is 6.04 Å². The van der Waals surface area contributed by atoms with Crippen molar-refractivity contribution in [3.8, 4) is 0 Å². The third kappa shape index (κ3) is 5.79. The van der Waals surface area contributed by atoms with Crippen molar-refractivity contribution >= 4 is 24.0 Å². The van der Waals surface area contributed by atoms with Crippen molar-refractivity contribution in [1.29, 1.82) is 0 Å². The maximum atomic E-state index is 12.0. The van der Waals surface area contributed by atoms with Crippen LogP contribution in [0, 0.1) is 5.92 Å². The van der Waals surface area contributed by atoms with Gasteiger partial charge in [-0.1, -0.05) is 32.4 Å². The van der Waals surface area contributed by atoms with Gasteiger partial charge >= 0.3 is 0 Å². The van der Waals surface area contributed by atoms with Crippen molar-refractivity contribution < 1.29 is 4.79 Å². The molecule has 1 aliphatic heterocycles. The first-order chi connectivity index (χ1) is 10.5. The minimum atomic E-state index is -0.464. The zero-order valence-electron chi connectivity index (χ0n) is 14.4. The number of halogens is 1. The fourth-order valence-electron chi connectivity index (χ4n) is 2.85. The summed E-state index contributed by atoms with van der Waals surface area (Å²) < 4.78 is 0. The highest BCUT2D eigenvalue weighted by Crippen LogP contribution is 2.20. The van der Waals surface area contributed by atoms with E-state index in [1.54, 1.807) is 0 Å². The number of likely N-dealkylation sites (tertiary alicyclic amines) is 1. The van der Waals surface area contributed by atoms with E-state index in [1.807, 2.05) is 26.0 Å². The van der Waals surface area contributed by atoms with Crippen LogP contribution in [0.3, 0.4) is 0 Å². The Kier molecular flexibility index (Phi) is 8.03.